The molecule has 0 spiro atoms. The Balaban J connectivity index is 1.86. The third-order valence-electron chi connectivity index (χ3n) is 4.56. The lowest BCUT2D eigenvalue weighted by Gasteiger charge is -2.39. The van der Waals surface area contributed by atoms with Crippen LogP contribution in [0.25, 0.3) is 0 Å². The van der Waals surface area contributed by atoms with Crippen molar-refractivity contribution in [2.75, 3.05) is 0 Å². The topological polar surface area (TPSA) is 58.4 Å². The number of nitrogens with zero attached hydrogens (tertiary/aromatic N) is 1. The Labute approximate surface area is 110 Å². The second-order valence-electron chi connectivity index (χ2n) is 6.32. The fraction of sp³-hybridized carbons (Fsp3) is 0.929. The van der Waals surface area contributed by atoms with Gasteiger partial charge in [0.25, 0.3) is 0 Å². The molecule has 4 heteroatoms. The normalized spacial score (nSPS) is 32.4. The van der Waals surface area contributed by atoms with E-state index < -0.39 is 0 Å². The number of nitrogens with one attached hydrogen (secondary N) is 1. The quantitative estimate of drug-likeness (QED) is 0.808. The summed E-state index contributed by atoms with van der Waals surface area (Å²) in [6.45, 7) is 4.37. The largest absolute Gasteiger partial charge is 0.325 e. The zero-order valence-corrected chi connectivity index (χ0v) is 11.7. The smallest absolute Gasteiger partial charge is 0.236 e. The van der Waals surface area contributed by atoms with Crippen molar-refractivity contribution in [2.24, 2.45) is 5.73 Å². The van der Waals surface area contributed by atoms with Crippen LogP contribution in [0.3, 0.4) is 0 Å². The maximum Gasteiger partial charge on any atom is 0.236 e. The van der Waals surface area contributed by atoms with Crippen molar-refractivity contribution in [1.82, 2.24) is 10.4 Å². The Hall–Kier alpha value is -0.610. The molecule has 2 aliphatic rings. The average molecular weight is 253 g/mol. The molecule has 2 atom stereocenters. The molecule has 4 nitrogen and oxygen atoms in total. The van der Waals surface area contributed by atoms with E-state index in [1.165, 1.54) is 32.1 Å². The fourth-order valence-corrected chi connectivity index (χ4v) is 3.40. The summed E-state index contributed by atoms with van der Waals surface area (Å²) in [6.07, 6.45) is 8.38. The fourth-order valence-electron chi connectivity index (χ4n) is 3.40. The standard InChI is InChI=1S/C14H27N3O/c1-11-6-5-7-12(2)17(11)16-13(18)10-14(15)8-3-4-9-14/h11-12H,3-10,15H2,1-2H3,(H,16,18). The van der Waals surface area contributed by atoms with Crippen LogP contribution in [-0.2, 0) is 4.79 Å². The third kappa shape index (κ3) is 3.23. The average Bonchev–Trinajstić information content (AvgIpc) is 2.70. The molecule has 2 rings (SSSR count). The summed E-state index contributed by atoms with van der Waals surface area (Å²) in [6, 6.07) is 0.880. The van der Waals surface area contributed by atoms with Crippen LogP contribution in [0.2, 0.25) is 0 Å². The first kappa shape index (κ1) is 13.8. The van der Waals surface area contributed by atoms with Gasteiger partial charge in [-0.05, 0) is 39.5 Å². The third-order valence-corrected chi connectivity index (χ3v) is 4.56. The summed E-state index contributed by atoms with van der Waals surface area (Å²) in [7, 11) is 0. The minimum atomic E-state index is -0.244. The van der Waals surface area contributed by atoms with E-state index in [-0.39, 0.29) is 11.4 Å². The molecule has 3 N–H and O–H groups in total. The van der Waals surface area contributed by atoms with Crippen LogP contribution in [0.1, 0.15) is 65.2 Å². The number of carbonyl (C=O) groups excluding carboxylic acids is 1. The Kier molecular flexibility index (Phi) is 4.28. The Morgan fingerprint density at radius 1 is 1.22 bits per heavy atom. The number of hydrazine groups is 1. The van der Waals surface area contributed by atoms with Gasteiger partial charge in [0.2, 0.25) is 5.91 Å². The van der Waals surface area contributed by atoms with Crippen LogP contribution in [0, 0.1) is 0 Å². The van der Waals surface area contributed by atoms with Crippen LogP contribution in [0.15, 0.2) is 0 Å². The summed E-state index contributed by atoms with van der Waals surface area (Å²) >= 11 is 0. The van der Waals surface area contributed by atoms with Crippen molar-refractivity contribution in [3.63, 3.8) is 0 Å². The first-order chi connectivity index (χ1) is 8.50. The van der Waals surface area contributed by atoms with Crippen molar-refractivity contribution < 1.29 is 4.79 Å². The second kappa shape index (κ2) is 5.57. The lowest BCUT2D eigenvalue weighted by Crippen LogP contribution is -2.55. The van der Waals surface area contributed by atoms with Crippen molar-refractivity contribution in [3.05, 3.63) is 0 Å². The van der Waals surface area contributed by atoms with Gasteiger partial charge in [-0.2, -0.15) is 0 Å². The maximum atomic E-state index is 12.1. The predicted molar refractivity (Wildman–Crippen MR) is 72.8 cm³/mol. The lowest BCUT2D eigenvalue weighted by molar-refractivity contribution is -0.130. The van der Waals surface area contributed by atoms with E-state index in [0.29, 0.717) is 18.5 Å². The summed E-state index contributed by atoms with van der Waals surface area (Å²) in [4.78, 5) is 12.1. The number of nitrogens with two attached hydrogens (primary N) is 1. The zero-order valence-electron chi connectivity index (χ0n) is 11.7. The highest BCUT2D eigenvalue weighted by atomic mass is 16.2. The van der Waals surface area contributed by atoms with Gasteiger partial charge in [0.1, 0.15) is 0 Å². The van der Waals surface area contributed by atoms with Gasteiger partial charge >= 0.3 is 0 Å². The van der Waals surface area contributed by atoms with Gasteiger partial charge in [0, 0.05) is 24.0 Å². The van der Waals surface area contributed by atoms with Gasteiger partial charge in [0.15, 0.2) is 0 Å². The van der Waals surface area contributed by atoms with Crippen molar-refractivity contribution in [1.29, 1.82) is 0 Å². The number of carbonyl (C=O) groups is 1. The van der Waals surface area contributed by atoms with E-state index in [0.717, 1.165) is 12.8 Å². The molecule has 1 aliphatic carbocycles. The van der Waals surface area contributed by atoms with E-state index in [4.69, 9.17) is 5.73 Å². The number of hydrogen-bond acceptors (Lipinski definition) is 3. The molecule has 1 amide bonds. The SMILES string of the molecule is CC1CCCC(C)N1NC(=O)CC1(N)CCCC1. The van der Waals surface area contributed by atoms with E-state index in [1.807, 2.05) is 0 Å². The van der Waals surface area contributed by atoms with Crippen LogP contribution in [0.4, 0.5) is 0 Å². The molecule has 2 fully saturated rings. The van der Waals surface area contributed by atoms with Gasteiger partial charge in [-0.1, -0.05) is 19.3 Å². The lowest BCUT2D eigenvalue weighted by atomic mass is 9.94. The van der Waals surface area contributed by atoms with Crippen molar-refractivity contribution in [2.45, 2.75) is 82.8 Å². The summed E-state index contributed by atoms with van der Waals surface area (Å²) in [5, 5.41) is 2.13. The number of piperidine rings is 1. The molecule has 104 valence electrons. The molecular weight excluding hydrogens is 226 g/mol. The molecule has 2 unspecified atom stereocenters. The van der Waals surface area contributed by atoms with Crippen LogP contribution in [0.5, 0.6) is 0 Å². The van der Waals surface area contributed by atoms with E-state index in [2.05, 4.69) is 24.3 Å². The summed E-state index contributed by atoms with van der Waals surface area (Å²) < 4.78 is 0. The minimum Gasteiger partial charge on any atom is -0.325 e. The molecule has 0 aromatic heterocycles. The zero-order chi connectivity index (χ0) is 13.2. The molecule has 0 aromatic carbocycles. The maximum absolute atomic E-state index is 12.1. The van der Waals surface area contributed by atoms with E-state index >= 15 is 0 Å². The molecule has 1 saturated carbocycles. The first-order valence-corrected chi connectivity index (χ1v) is 7.37. The summed E-state index contributed by atoms with van der Waals surface area (Å²) in [5.74, 6) is 0.0972. The van der Waals surface area contributed by atoms with Crippen LogP contribution in [-0.4, -0.2) is 28.5 Å². The number of amides is 1. The molecule has 0 bridgehead atoms. The Morgan fingerprint density at radius 3 is 2.33 bits per heavy atom. The molecule has 0 aromatic rings. The summed E-state index contributed by atoms with van der Waals surface area (Å²) in [5.41, 5.74) is 9.10. The van der Waals surface area contributed by atoms with Crippen LogP contribution < -0.4 is 11.2 Å². The highest BCUT2D eigenvalue weighted by Gasteiger charge is 2.33. The number of rotatable bonds is 3. The Bertz CT molecular complexity index is 289. The van der Waals surface area contributed by atoms with Gasteiger partial charge in [-0.15, -0.1) is 0 Å². The monoisotopic (exact) mass is 253 g/mol. The van der Waals surface area contributed by atoms with E-state index in [1.54, 1.807) is 0 Å². The van der Waals surface area contributed by atoms with Crippen molar-refractivity contribution >= 4 is 5.91 Å². The first-order valence-electron chi connectivity index (χ1n) is 7.37. The highest BCUT2D eigenvalue weighted by Crippen LogP contribution is 2.30. The minimum absolute atomic E-state index is 0.0972. The predicted octanol–water partition coefficient (Wildman–Crippen LogP) is 1.94. The Morgan fingerprint density at radius 2 is 1.78 bits per heavy atom. The molecule has 18 heavy (non-hydrogen) atoms. The van der Waals surface area contributed by atoms with Crippen LogP contribution >= 0.6 is 0 Å². The molecule has 1 saturated heterocycles. The highest BCUT2D eigenvalue weighted by molar-refractivity contribution is 5.76. The molecular formula is C14H27N3O. The molecule has 1 heterocycles. The number of hydrogen-bond donors (Lipinski definition) is 2. The van der Waals surface area contributed by atoms with Gasteiger partial charge in [-0.3, -0.25) is 10.2 Å². The van der Waals surface area contributed by atoms with Gasteiger partial charge < -0.3 is 5.73 Å². The second-order valence-corrected chi connectivity index (χ2v) is 6.32. The van der Waals surface area contributed by atoms with Crippen molar-refractivity contribution in [3.8, 4) is 0 Å². The van der Waals surface area contributed by atoms with Gasteiger partial charge in [0.05, 0.1) is 0 Å². The van der Waals surface area contributed by atoms with Gasteiger partial charge in [-0.25, -0.2) is 5.01 Å². The molecule has 1 aliphatic heterocycles. The molecule has 0 radical (unpaired) electrons. The van der Waals surface area contributed by atoms with E-state index in [9.17, 15) is 4.79 Å².